The van der Waals surface area contributed by atoms with E-state index in [2.05, 4.69) is 10.6 Å². The van der Waals surface area contributed by atoms with E-state index in [0.29, 0.717) is 5.69 Å². The number of carbonyl (C=O) groups excluding carboxylic acids is 2. The van der Waals surface area contributed by atoms with Crippen molar-refractivity contribution in [3.05, 3.63) is 24.3 Å². The molecule has 1 aromatic carbocycles. The van der Waals surface area contributed by atoms with Crippen LogP contribution in [0.25, 0.3) is 0 Å². The summed E-state index contributed by atoms with van der Waals surface area (Å²) < 4.78 is 25.4. The average molecular weight is 308 g/mol. The van der Waals surface area contributed by atoms with Gasteiger partial charge in [0.25, 0.3) is 0 Å². The van der Waals surface area contributed by atoms with E-state index in [9.17, 15) is 18.4 Å². The van der Waals surface area contributed by atoms with Gasteiger partial charge in [-0.25, -0.2) is 4.79 Å². The zero-order valence-electron chi connectivity index (χ0n) is 11.2. The Kier molecular flexibility index (Phi) is 9.43. The van der Waals surface area contributed by atoms with Crippen LogP contribution in [0.15, 0.2) is 24.3 Å². The fraction of sp³-hybridized carbons (Fsp3) is 0.273. The van der Waals surface area contributed by atoms with Crippen LogP contribution in [0.2, 0.25) is 0 Å². The standard InChI is InChI=1S/C11H14N2O5S.Na/c1-8(14)13-9-2-4-10(5-3-9)18-11(15)12-6-7-19(16)17;/h2-5H,6-7H2,1H3,(H,12,15)(H,13,14)(H,16,17);/q;+1/p-1. The van der Waals surface area contributed by atoms with Crippen LogP contribution in [0.1, 0.15) is 6.92 Å². The Balaban J connectivity index is 0.00000361. The fourth-order valence-corrected chi connectivity index (χ4v) is 1.46. The van der Waals surface area contributed by atoms with Gasteiger partial charge in [-0.1, -0.05) is 11.1 Å². The van der Waals surface area contributed by atoms with Crippen LogP contribution >= 0.6 is 0 Å². The Morgan fingerprint density at radius 1 is 1.30 bits per heavy atom. The number of hydrogen-bond donors (Lipinski definition) is 2. The van der Waals surface area contributed by atoms with Crippen molar-refractivity contribution < 1.29 is 52.6 Å². The van der Waals surface area contributed by atoms with Gasteiger partial charge in [0.2, 0.25) is 5.91 Å². The molecule has 0 aromatic heterocycles. The van der Waals surface area contributed by atoms with Gasteiger partial charge in [-0.3, -0.25) is 9.00 Å². The minimum atomic E-state index is -2.20. The quantitative estimate of drug-likeness (QED) is 0.466. The molecule has 1 rings (SSSR count). The van der Waals surface area contributed by atoms with Crippen molar-refractivity contribution in [2.75, 3.05) is 17.6 Å². The van der Waals surface area contributed by atoms with Crippen LogP contribution in [-0.4, -0.2) is 33.1 Å². The molecule has 1 atom stereocenters. The monoisotopic (exact) mass is 308 g/mol. The second kappa shape index (κ2) is 9.89. The molecule has 0 bridgehead atoms. The van der Waals surface area contributed by atoms with Crippen LogP contribution in [0.4, 0.5) is 10.5 Å². The first-order valence-electron chi connectivity index (χ1n) is 5.36. The Morgan fingerprint density at radius 3 is 2.40 bits per heavy atom. The van der Waals surface area contributed by atoms with Gasteiger partial charge in [0.1, 0.15) is 5.75 Å². The van der Waals surface area contributed by atoms with E-state index in [1.165, 1.54) is 19.1 Å². The van der Waals surface area contributed by atoms with Crippen molar-refractivity contribution in [1.29, 1.82) is 0 Å². The van der Waals surface area contributed by atoms with Crippen molar-refractivity contribution in [2.45, 2.75) is 6.92 Å². The van der Waals surface area contributed by atoms with E-state index in [1.807, 2.05) is 0 Å². The Hall–Kier alpha value is -0.930. The summed E-state index contributed by atoms with van der Waals surface area (Å²) >= 11 is -2.20. The molecule has 0 spiro atoms. The maximum atomic E-state index is 11.3. The molecule has 0 aliphatic heterocycles. The van der Waals surface area contributed by atoms with E-state index in [-0.39, 0.29) is 53.5 Å². The maximum absolute atomic E-state index is 11.3. The summed E-state index contributed by atoms with van der Waals surface area (Å²) in [4.78, 5) is 22.0. The Morgan fingerprint density at radius 2 is 1.90 bits per heavy atom. The molecule has 1 aromatic rings. The van der Waals surface area contributed by atoms with Crippen LogP contribution in [-0.2, 0) is 15.9 Å². The summed E-state index contributed by atoms with van der Waals surface area (Å²) in [7, 11) is 0. The van der Waals surface area contributed by atoms with Crippen molar-refractivity contribution in [2.24, 2.45) is 0 Å². The normalized spacial score (nSPS) is 10.9. The Labute approximate surface area is 141 Å². The molecule has 1 unspecified atom stereocenters. The van der Waals surface area contributed by atoms with E-state index < -0.39 is 17.2 Å². The molecule has 0 aliphatic carbocycles. The number of benzene rings is 1. The van der Waals surface area contributed by atoms with Gasteiger partial charge in [-0.05, 0) is 24.3 Å². The van der Waals surface area contributed by atoms with E-state index in [4.69, 9.17) is 4.74 Å². The zero-order chi connectivity index (χ0) is 14.3. The van der Waals surface area contributed by atoms with E-state index in [1.54, 1.807) is 12.1 Å². The predicted octanol–water partition coefficient (Wildman–Crippen LogP) is -2.38. The van der Waals surface area contributed by atoms with Gasteiger partial charge < -0.3 is 19.9 Å². The first kappa shape index (κ1) is 19.1. The molecule has 104 valence electrons. The molecule has 2 amide bonds. The molecular formula is C11H13N2NaO5S. The topological polar surface area (TPSA) is 108 Å². The van der Waals surface area contributed by atoms with Crippen LogP contribution in [0.5, 0.6) is 5.75 Å². The van der Waals surface area contributed by atoms with Gasteiger partial charge in [0, 0.05) is 24.9 Å². The van der Waals surface area contributed by atoms with Crippen molar-refractivity contribution >= 4 is 28.8 Å². The molecule has 9 heteroatoms. The Bertz CT molecular complexity index is 480. The zero-order valence-corrected chi connectivity index (χ0v) is 14.0. The van der Waals surface area contributed by atoms with Crippen molar-refractivity contribution in [3.8, 4) is 5.75 Å². The summed E-state index contributed by atoms with van der Waals surface area (Å²) in [5.41, 5.74) is 0.585. The molecule has 0 aliphatic rings. The van der Waals surface area contributed by atoms with E-state index in [0.717, 1.165) is 0 Å². The summed E-state index contributed by atoms with van der Waals surface area (Å²) in [6, 6.07) is 6.18. The van der Waals surface area contributed by atoms with Gasteiger partial charge in [0.15, 0.2) is 0 Å². The van der Waals surface area contributed by atoms with Gasteiger partial charge in [-0.2, -0.15) is 0 Å². The summed E-state index contributed by atoms with van der Waals surface area (Å²) in [5.74, 6) is -0.0804. The van der Waals surface area contributed by atoms with Crippen molar-refractivity contribution in [3.63, 3.8) is 0 Å². The molecular weight excluding hydrogens is 295 g/mol. The predicted molar refractivity (Wildman–Crippen MR) is 68.6 cm³/mol. The molecule has 0 heterocycles. The number of hydrogen-bond acceptors (Lipinski definition) is 5. The van der Waals surface area contributed by atoms with Gasteiger partial charge in [0.05, 0.1) is 0 Å². The SMILES string of the molecule is CC(=O)Nc1ccc(OC(=O)NCCS(=O)[O-])cc1.[Na+]. The van der Waals surface area contributed by atoms with Crippen LogP contribution < -0.4 is 44.9 Å². The molecule has 20 heavy (non-hydrogen) atoms. The third-order valence-electron chi connectivity index (χ3n) is 1.92. The average Bonchev–Trinajstić information content (AvgIpc) is 2.30. The molecule has 7 nitrogen and oxygen atoms in total. The third-order valence-corrected chi connectivity index (χ3v) is 2.46. The molecule has 0 fully saturated rings. The number of anilines is 1. The maximum Gasteiger partial charge on any atom is 1.00 e. The number of rotatable bonds is 5. The summed E-state index contributed by atoms with van der Waals surface area (Å²) in [5, 5.41) is 4.85. The number of carbonyl (C=O) groups is 2. The first-order chi connectivity index (χ1) is 8.97. The van der Waals surface area contributed by atoms with Gasteiger partial charge >= 0.3 is 35.7 Å². The number of nitrogens with one attached hydrogen (secondary N) is 2. The second-order valence-corrected chi connectivity index (χ2v) is 4.55. The van der Waals surface area contributed by atoms with E-state index >= 15 is 0 Å². The first-order valence-corrected chi connectivity index (χ1v) is 6.61. The number of ether oxygens (including phenoxy) is 1. The van der Waals surface area contributed by atoms with Crippen molar-refractivity contribution in [1.82, 2.24) is 5.32 Å². The fourth-order valence-electron chi connectivity index (χ4n) is 1.19. The third kappa shape index (κ3) is 8.28. The summed E-state index contributed by atoms with van der Waals surface area (Å²) in [6.07, 6.45) is -0.738. The van der Waals surface area contributed by atoms with Crippen LogP contribution in [0, 0.1) is 0 Å². The molecule has 2 N–H and O–H groups in total. The molecule has 0 saturated heterocycles. The molecule has 0 saturated carbocycles. The minimum absolute atomic E-state index is 0. The smallest absolute Gasteiger partial charge is 0.772 e. The molecule has 0 radical (unpaired) electrons. The van der Waals surface area contributed by atoms with Gasteiger partial charge in [-0.15, -0.1) is 0 Å². The summed E-state index contributed by atoms with van der Waals surface area (Å²) in [6.45, 7) is 1.37. The van der Waals surface area contributed by atoms with Crippen LogP contribution in [0.3, 0.4) is 0 Å². The second-order valence-electron chi connectivity index (χ2n) is 3.53. The minimum Gasteiger partial charge on any atom is -0.772 e. The number of amides is 2. The largest absolute Gasteiger partial charge is 1.00 e.